The predicted molar refractivity (Wildman–Crippen MR) is 144 cm³/mol. The molecule has 2 aromatic heterocycles. The quantitative estimate of drug-likeness (QED) is 0.360. The van der Waals surface area contributed by atoms with Gasteiger partial charge in [0.05, 0.1) is 5.52 Å². The lowest BCUT2D eigenvalue weighted by Crippen LogP contribution is -2.52. The molecule has 3 aliphatic rings. The maximum atomic E-state index is 13.6. The molecule has 2 bridgehead atoms. The van der Waals surface area contributed by atoms with E-state index in [0.717, 1.165) is 37.7 Å². The number of aromatic nitrogens is 3. The number of likely N-dealkylation sites (tertiary alicyclic amines) is 1. The summed E-state index contributed by atoms with van der Waals surface area (Å²) >= 11 is 5.95. The fourth-order valence-electron chi connectivity index (χ4n) is 5.74. The van der Waals surface area contributed by atoms with Gasteiger partial charge >= 0.3 is 12.1 Å². The number of primary amides is 1. The molecule has 1 saturated heterocycles. The molecule has 6 rings (SSSR count). The molecule has 2 aliphatic carbocycles. The van der Waals surface area contributed by atoms with Crippen molar-refractivity contribution >= 4 is 52.0 Å². The van der Waals surface area contributed by atoms with Crippen LogP contribution in [0.3, 0.4) is 0 Å². The average molecular weight is 607 g/mol. The van der Waals surface area contributed by atoms with E-state index < -0.39 is 24.1 Å². The number of carbonyl (C=O) groups excluding carboxylic acids is 3. The van der Waals surface area contributed by atoms with E-state index >= 15 is 0 Å². The number of carboxylic acid groups (broad SMARTS) is 1. The van der Waals surface area contributed by atoms with Crippen LogP contribution in [0.1, 0.15) is 54.1 Å². The Bertz CT molecular complexity index is 1570. The molecule has 0 radical (unpaired) electrons. The summed E-state index contributed by atoms with van der Waals surface area (Å²) in [5.74, 6) is -2.89. The van der Waals surface area contributed by atoms with Crippen LogP contribution >= 0.6 is 11.6 Å². The number of alkyl halides is 3. The topological polar surface area (TPSA) is 161 Å². The molecular weight excluding hydrogens is 581 g/mol. The van der Waals surface area contributed by atoms with Gasteiger partial charge < -0.3 is 21.1 Å². The number of anilines is 1. The van der Waals surface area contributed by atoms with E-state index in [1.165, 1.54) is 4.68 Å². The minimum Gasteiger partial charge on any atom is -0.475 e. The summed E-state index contributed by atoms with van der Waals surface area (Å²) in [4.78, 5) is 53.6. The molecule has 2 saturated carbocycles. The zero-order valence-electron chi connectivity index (χ0n) is 22.0. The Kier molecular flexibility index (Phi) is 7.84. The maximum Gasteiger partial charge on any atom is 0.490 e. The number of benzene rings is 1. The first-order chi connectivity index (χ1) is 19.8. The Hall–Kier alpha value is -4.20. The van der Waals surface area contributed by atoms with Crippen LogP contribution in [0.25, 0.3) is 10.9 Å². The van der Waals surface area contributed by atoms with Crippen LogP contribution in [-0.2, 0) is 20.9 Å². The van der Waals surface area contributed by atoms with Gasteiger partial charge in [0, 0.05) is 11.4 Å². The summed E-state index contributed by atoms with van der Waals surface area (Å²) in [5, 5.41) is 15.3. The van der Waals surface area contributed by atoms with E-state index in [2.05, 4.69) is 15.4 Å². The van der Waals surface area contributed by atoms with E-state index in [-0.39, 0.29) is 41.2 Å². The second-order valence-electron chi connectivity index (χ2n) is 10.5. The van der Waals surface area contributed by atoms with E-state index in [4.69, 9.17) is 27.2 Å². The van der Waals surface area contributed by atoms with Crippen molar-refractivity contribution in [2.75, 3.05) is 5.32 Å². The maximum absolute atomic E-state index is 13.6. The monoisotopic (exact) mass is 606 g/mol. The van der Waals surface area contributed by atoms with E-state index in [0.29, 0.717) is 22.6 Å². The number of hydrogen-bond acceptors (Lipinski definition) is 6. The number of fused-ring (bicyclic) bond motifs is 3. The van der Waals surface area contributed by atoms with Crippen LogP contribution in [0.15, 0.2) is 36.4 Å². The zero-order valence-corrected chi connectivity index (χ0v) is 22.7. The molecular formula is C27H26ClF3N6O5. The van der Waals surface area contributed by atoms with Crippen molar-refractivity contribution in [3.8, 4) is 0 Å². The van der Waals surface area contributed by atoms with Gasteiger partial charge in [-0.15, -0.1) is 0 Å². The molecule has 3 heterocycles. The van der Waals surface area contributed by atoms with Gasteiger partial charge in [0.1, 0.15) is 23.6 Å². The number of amides is 3. The van der Waals surface area contributed by atoms with Crippen molar-refractivity contribution < 1.29 is 37.5 Å². The highest BCUT2D eigenvalue weighted by Gasteiger charge is 2.51. The van der Waals surface area contributed by atoms with Crippen molar-refractivity contribution in [3.05, 3.63) is 52.8 Å². The molecule has 1 aliphatic heterocycles. The third kappa shape index (κ3) is 6.03. The average Bonchev–Trinajstić information content (AvgIpc) is 3.41. The summed E-state index contributed by atoms with van der Waals surface area (Å²) in [6, 6.07) is 10.3. The van der Waals surface area contributed by atoms with E-state index in [1.54, 1.807) is 23.1 Å². The third-order valence-electron chi connectivity index (χ3n) is 7.69. The number of aliphatic carboxylic acids is 1. The van der Waals surface area contributed by atoms with Crippen LogP contribution in [0.4, 0.5) is 19.0 Å². The Labute approximate surface area is 241 Å². The standard InChI is InChI=1S/C25H25ClN6O3.C2HF3O2/c26-19-2-1-3-20(28-19)29-25(35)23-15-6-8-16(10-15)32(23)21(33)12-31-18-9-7-14(13-4-5-13)11-17(18)22(30-31)24(27)34;3-2(4,5)1(6)7/h1-3,7,9,11,13,15-16,23H,4-6,8,10,12H2,(H2,27,34)(H,28,29,35);(H,6,7)/t15-,16+,23-;/m0./s1. The number of halogens is 4. The van der Waals surface area contributed by atoms with Crippen molar-refractivity contribution in [2.45, 2.75) is 62.8 Å². The summed E-state index contributed by atoms with van der Waals surface area (Å²) < 4.78 is 33.3. The molecule has 222 valence electrons. The number of carboxylic acids is 1. The molecule has 3 fully saturated rings. The van der Waals surface area contributed by atoms with Gasteiger partial charge in [-0.05, 0) is 73.8 Å². The third-order valence-corrected chi connectivity index (χ3v) is 7.90. The highest BCUT2D eigenvalue weighted by molar-refractivity contribution is 6.29. The number of rotatable bonds is 6. The molecule has 3 amide bonds. The Morgan fingerprint density at radius 3 is 2.43 bits per heavy atom. The van der Waals surface area contributed by atoms with Gasteiger partial charge in [-0.2, -0.15) is 18.3 Å². The van der Waals surface area contributed by atoms with Gasteiger partial charge in [0.2, 0.25) is 11.8 Å². The molecule has 4 N–H and O–H groups in total. The van der Waals surface area contributed by atoms with Crippen LogP contribution in [-0.4, -0.2) is 66.7 Å². The molecule has 1 aromatic carbocycles. The summed E-state index contributed by atoms with van der Waals surface area (Å²) in [5.41, 5.74) is 7.62. The molecule has 3 atom stereocenters. The van der Waals surface area contributed by atoms with Gasteiger partial charge in [0.15, 0.2) is 5.69 Å². The van der Waals surface area contributed by atoms with Crippen molar-refractivity contribution in [3.63, 3.8) is 0 Å². The fraction of sp³-hybridized carbons (Fsp3) is 0.407. The second kappa shape index (κ2) is 11.2. The highest BCUT2D eigenvalue weighted by atomic mass is 35.5. The van der Waals surface area contributed by atoms with Crippen LogP contribution in [0.5, 0.6) is 0 Å². The number of nitrogens with one attached hydrogen (secondary N) is 1. The van der Waals surface area contributed by atoms with Crippen molar-refractivity contribution in [2.24, 2.45) is 11.7 Å². The molecule has 0 unspecified atom stereocenters. The lowest BCUT2D eigenvalue weighted by atomic mass is 9.97. The van der Waals surface area contributed by atoms with Crippen LogP contribution in [0, 0.1) is 5.92 Å². The minimum atomic E-state index is -5.08. The SMILES string of the molecule is NC(=O)c1nn(CC(=O)N2[C@@H]3CC[C@@H](C3)[C@H]2C(=O)Nc2cccc(Cl)n2)c2ccc(C3CC3)cc12.O=C(O)C(F)(F)F. The summed E-state index contributed by atoms with van der Waals surface area (Å²) in [6.45, 7) is -0.0744. The lowest BCUT2D eigenvalue weighted by molar-refractivity contribution is -0.192. The first kappa shape index (κ1) is 29.3. The number of hydrogen-bond donors (Lipinski definition) is 3. The van der Waals surface area contributed by atoms with E-state index in [9.17, 15) is 27.6 Å². The van der Waals surface area contributed by atoms with Crippen molar-refractivity contribution in [1.29, 1.82) is 0 Å². The molecule has 11 nitrogen and oxygen atoms in total. The Morgan fingerprint density at radius 2 is 1.81 bits per heavy atom. The number of piperidine rings is 1. The first-order valence-corrected chi connectivity index (χ1v) is 13.6. The Balaban J connectivity index is 0.000000451. The van der Waals surface area contributed by atoms with Crippen molar-refractivity contribution in [1.82, 2.24) is 19.7 Å². The van der Waals surface area contributed by atoms with Crippen LogP contribution in [0.2, 0.25) is 5.15 Å². The van der Waals surface area contributed by atoms with Crippen LogP contribution < -0.4 is 11.1 Å². The molecule has 3 aromatic rings. The summed E-state index contributed by atoms with van der Waals surface area (Å²) in [7, 11) is 0. The normalized spacial score (nSPS) is 21.1. The molecule has 42 heavy (non-hydrogen) atoms. The highest BCUT2D eigenvalue weighted by Crippen LogP contribution is 2.43. The number of nitrogens with zero attached hydrogens (tertiary/aromatic N) is 4. The molecule has 0 spiro atoms. The van der Waals surface area contributed by atoms with Gasteiger partial charge in [-0.3, -0.25) is 19.1 Å². The zero-order chi connectivity index (χ0) is 30.3. The molecule has 15 heteroatoms. The number of nitrogens with two attached hydrogens (primary N) is 1. The van der Waals surface area contributed by atoms with Gasteiger partial charge in [-0.25, -0.2) is 9.78 Å². The lowest BCUT2D eigenvalue weighted by Gasteiger charge is -2.34. The number of pyridine rings is 1. The predicted octanol–water partition coefficient (Wildman–Crippen LogP) is 3.71. The van der Waals surface area contributed by atoms with Gasteiger partial charge in [0.25, 0.3) is 5.91 Å². The smallest absolute Gasteiger partial charge is 0.475 e. The second-order valence-corrected chi connectivity index (χ2v) is 10.9. The largest absolute Gasteiger partial charge is 0.490 e. The van der Waals surface area contributed by atoms with E-state index in [1.807, 2.05) is 18.2 Å². The Morgan fingerprint density at radius 1 is 1.10 bits per heavy atom. The summed E-state index contributed by atoms with van der Waals surface area (Å²) in [6.07, 6.45) is -0.252. The minimum absolute atomic E-state index is 0.00877. The number of carbonyl (C=O) groups is 4. The fourth-order valence-corrected chi connectivity index (χ4v) is 5.91. The van der Waals surface area contributed by atoms with Gasteiger partial charge in [-0.1, -0.05) is 23.7 Å². The first-order valence-electron chi connectivity index (χ1n) is 13.2.